The maximum absolute atomic E-state index is 9.34. The molecule has 96 valence electrons. The van der Waals surface area contributed by atoms with Crippen LogP contribution >= 0.6 is 11.3 Å². The maximum Gasteiger partial charge on any atom is 0.0579 e. The molecule has 0 aromatic carbocycles. The predicted molar refractivity (Wildman–Crippen MR) is 70.5 cm³/mol. The minimum absolute atomic E-state index is 0.0426. The van der Waals surface area contributed by atoms with E-state index in [1.807, 2.05) is 11.3 Å². The molecule has 0 amide bonds. The number of nitrogens with one attached hydrogen (secondary N) is 1. The molecule has 0 bridgehead atoms. The minimum Gasteiger partial charge on any atom is -0.396 e. The highest BCUT2D eigenvalue weighted by molar-refractivity contribution is 7.12. The Bertz CT molecular complexity index is 355. The molecule has 1 aromatic heterocycles. The SMILES string of the molecule is CCc1ccc(C(C)NCC2(CO)COC2)s1. The summed E-state index contributed by atoms with van der Waals surface area (Å²) in [5.74, 6) is 0. The third kappa shape index (κ3) is 2.88. The van der Waals surface area contributed by atoms with Crippen LogP contribution in [0.1, 0.15) is 29.6 Å². The molecule has 0 spiro atoms. The fourth-order valence-corrected chi connectivity index (χ4v) is 2.91. The van der Waals surface area contributed by atoms with E-state index in [-0.39, 0.29) is 12.0 Å². The number of hydrogen-bond acceptors (Lipinski definition) is 4. The van der Waals surface area contributed by atoms with Gasteiger partial charge >= 0.3 is 0 Å². The van der Waals surface area contributed by atoms with Crippen molar-refractivity contribution in [3.63, 3.8) is 0 Å². The summed E-state index contributed by atoms with van der Waals surface area (Å²) in [5.41, 5.74) is -0.0426. The topological polar surface area (TPSA) is 41.5 Å². The lowest BCUT2D eigenvalue weighted by Gasteiger charge is -2.40. The van der Waals surface area contributed by atoms with Crippen molar-refractivity contribution < 1.29 is 9.84 Å². The standard InChI is InChI=1S/C13H21NO2S/c1-3-11-4-5-12(17-11)10(2)14-6-13(7-15)8-16-9-13/h4-5,10,14-15H,3,6-9H2,1-2H3. The molecular weight excluding hydrogens is 234 g/mol. The molecule has 1 unspecified atom stereocenters. The number of rotatable bonds is 6. The van der Waals surface area contributed by atoms with E-state index in [0.29, 0.717) is 19.3 Å². The van der Waals surface area contributed by atoms with E-state index in [1.165, 1.54) is 9.75 Å². The van der Waals surface area contributed by atoms with Crippen molar-refractivity contribution in [2.24, 2.45) is 5.41 Å². The van der Waals surface area contributed by atoms with Gasteiger partial charge in [-0.15, -0.1) is 11.3 Å². The van der Waals surface area contributed by atoms with Crippen molar-refractivity contribution in [3.05, 3.63) is 21.9 Å². The molecule has 4 heteroatoms. The highest BCUT2D eigenvalue weighted by atomic mass is 32.1. The molecule has 1 fully saturated rings. The fourth-order valence-electron chi connectivity index (χ4n) is 1.93. The quantitative estimate of drug-likeness (QED) is 0.816. The van der Waals surface area contributed by atoms with E-state index in [2.05, 4.69) is 31.3 Å². The van der Waals surface area contributed by atoms with E-state index in [9.17, 15) is 5.11 Å². The second-order valence-corrected chi connectivity index (χ2v) is 6.11. The van der Waals surface area contributed by atoms with Crippen LogP contribution in [0.3, 0.4) is 0 Å². The van der Waals surface area contributed by atoms with Crippen LogP contribution in [0.15, 0.2) is 12.1 Å². The summed E-state index contributed by atoms with van der Waals surface area (Å²) in [5, 5.41) is 12.8. The lowest BCUT2D eigenvalue weighted by molar-refractivity contribution is -0.135. The van der Waals surface area contributed by atoms with Crippen LogP contribution in [0.4, 0.5) is 0 Å². The Morgan fingerprint density at radius 3 is 2.76 bits per heavy atom. The van der Waals surface area contributed by atoms with Crippen molar-refractivity contribution in [3.8, 4) is 0 Å². The summed E-state index contributed by atoms with van der Waals surface area (Å²) in [7, 11) is 0. The smallest absolute Gasteiger partial charge is 0.0579 e. The molecule has 2 heterocycles. The van der Waals surface area contributed by atoms with Crippen molar-refractivity contribution in [1.29, 1.82) is 0 Å². The summed E-state index contributed by atoms with van der Waals surface area (Å²) in [6.45, 7) is 6.74. The third-order valence-electron chi connectivity index (χ3n) is 3.39. The van der Waals surface area contributed by atoms with Crippen molar-refractivity contribution >= 4 is 11.3 Å². The van der Waals surface area contributed by atoms with Gasteiger partial charge in [0.1, 0.15) is 0 Å². The summed E-state index contributed by atoms with van der Waals surface area (Å²) < 4.78 is 5.19. The zero-order chi connectivity index (χ0) is 12.3. The Labute approximate surface area is 107 Å². The van der Waals surface area contributed by atoms with E-state index < -0.39 is 0 Å². The number of thiophene rings is 1. The Morgan fingerprint density at radius 2 is 2.29 bits per heavy atom. The number of aliphatic hydroxyl groups excluding tert-OH is 1. The number of hydrogen-bond donors (Lipinski definition) is 2. The Morgan fingerprint density at radius 1 is 1.53 bits per heavy atom. The van der Waals surface area contributed by atoms with Gasteiger partial charge in [0.15, 0.2) is 0 Å². The van der Waals surface area contributed by atoms with E-state index in [1.54, 1.807) is 0 Å². The Hall–Kier alpha value is -0.420. The molecule has 1 aliphatic heterocycles. The van der Waals surface area contributed by atoms with Gasteiger partial charge in [-0.2, -0.15) is 0 Å². The average Bonchev–Trinajstić information content (AvgIpc) is 2.76. The van der Waals surface area contributed by atoms with Gasteiger partial charge in [0, 0.05) is 22.3 Å². The molecule has 17 heavy (non-hydrogen) atoms. The van der Waals surface area contributed by atoms with E-state index in [4.69, 9.17) is 4.74 Å². The number of ether oxygens (including phenoxy) is 1. The van der Waals surface area contributed by atoms with Crippen LogP contribution in [-0.4, -0.2) is 31.5 Å². The van der Waals surface area contributed by atoms with Crippen LogP contribution in [0.25, 0.3) is 0 Å². The Balaban J connectivity index is 1.86. The second-order valence-electron chi connectivity index (χ2n) is 4.91. The molecule has 3 nitrogen and oxygen atoms in total. The van der Waals surface area contributed by atoms with Crippen molar-refractivity contribution in [2.45, 2.75) is 26.3 Å². The van der Waals surface area contributed by atoms with E-state index >= 15 is 0 Å². The number of aryl methyl sites for hydroxylation is 1. The number of aliphatic hydroxyl groups is 1. The van der Waals surface area contributed by atoms with Gasteiger partial charge in [-0.1, -0.05) is 6.92 Å². The first-order chi connectivity index (χ1) is 8.19. The lowest BCUT2D eigenvalue weighted by atomic mass is 9.87. The van der Waals surface area contributed by atoms with E-state index in [0.717, 1.165) is 13.0 Å². The minimum atomic E-state index is -0.0426. The highest BCUT2D eigenvalue weighted by Crippen LogP contribution is 2.28. The predicted octanol–water partition coefficient (Wildman–Crippen LogP) is 1.97. The van der Waals surface area contributed by atoms with Gasteiger partial charge in [-0.05, 0) is 25.5 Å². The van der Waals surface area contributed by atoms with Crippen LogP contribution in [0, 0.1) is 5.41 Å². The molecule has 1 saturated heterocycles. The first kappa shape index (κ1) is 13.0. The Kier molecular flexibility index (Phi) is 4.20. The summed E-state index contributed by atoms with van der Waals surface area (Å²) in [6, 6.07) is 4.75. The first-order valence-electron chi connectivity index (χ1n) is 6.20. The van der Waals surface area contributed by atoms with Gasteiger partial charge in [-0.25, -0.2) is 0 Å². The molecule has 1 atom stereocenters. The van der Waals surface area contributed by atoms with Gasteiger partial charge in [0.05, 0.1) is 25.2 Å². The third-order valence-corrected chi connectivity index (χ3v) is 4.81. The highest BCUT2D eigenvalue weighted by Gasteiger charge is 2.38. The van der Waals surface area contributed by atoms with Gasteiger partial charge in [0.2, 0.25) is 0 Å². The zero-order valence-electron chi connectivity index (χ0n) is 10.5. The molecule has 0 radical (unpaired) electrons. The zero-order valence-corrected chi connectivity index (χ0v) is 11.3. The molecule has 2 rings (SSSR count). The molecule has 2 N–H and O–H groups in total. The van der Waals surface area contributed by atoms with Crippen LogP contribution < -0.4 is 5.32 Å². The molecular formula is C13H21NO2S. The summed E-state index contributed by atoms with van der Waals surface area (Å²) in [4.78, 5) is 2.80. The summed E-state index contributed by atoms with van der Waals surface area (Å²) in [6.07, 6.45) is 1.10. The normalized spacial score (nSPS) is 19.9. The largest absolute Gasteiger partial charge is 0.396 e. The van der Waals surface area contributed by atoms with Gasteiger partial charge < -0.3 is 15.2 Å². The second kappa shape index (κ2) is 5.48. The summed E-state index contributed by atoms with van der Waals surface area (Å²) >= 11 is 1.87. The molecule has 0 saturated carbocycles. The van der Waals surface area contributed by atoms with Crippen LogP contribution in [0.2, 0.25) is 0 Å². The van der Waals surface area contributed by atoms with Crippen molar-refractivity contribution in [1.82, 2.24) is 5.32 Å². The molecule has 0 aliphatic carbocycles. The monoisotopic (exact) mass is 255 g/mol. The molecule has 1 aromatic rings. The van der Waals surface area contributed by atoms with Crippen molar-refractivity contribution in [2.75, 3.05) is 26.4 Å². The first-order valence-corrected chi connectivity index (χ1v) is 7.01. The van der Waals surface area contributed by atoms with Gasteiger partial charge in [-0.3, -0.25) is 0 Å². The average molecular weight is 255 g/mol. The van der Waals surface area contributed by atoms with Gasteiger partial charge in [0.25, 0.3) is 0 Å². The lowest BCUT2D eigenvalue weighted by Crippen LogP contribution is -2.52. The molecule has 1 aliphatic rings. The van der Waals surface area contributed by atoms with Crippen LogP contribution in [-0.2, 0) is 11.2 Å². The van der Waals surface area contributed by atoms with Crippen LogP contribution in [0.5, 0.6) is 0 Å². The maximum atomic E-state index is 9.34. The fraction of sp³-hybridized carbons (Fsp3) is 0.692.